The van der Waals surface area contributed by atoms with Crippen LogP contribution in [0.3, 0.4) is 0 Å². The zero-order valence-corrected chi connectivity index (χ0v) is 16.6. The molecule has 0 aromatic heterocycles. The summed E-state index contributed by atoms with van der Waals surface area (Å²) in [6, 6.07) is 8.70. The van der Waals surface area contributed by atoms with E-state index < -0.39 is 10.0 Å². The molecule has 0 bridgehead atoms. The van der Waals surface area contributed by atoms with Crippen LogP contribution in [0.25, 0.3) is 0 Å². The number of benzene rings is 1. The molecule has 3 rings (SSSR count). The van der Waals surface area contributed by atoms with Crippen LogP contribution < -0.4 is 10.6 Å². The van der Waals surface area contributed by atoms with Gasteiger partial charge in [-0.25, -0.2) is 12.7 Å². The van der Waals surface area contributed by atoms with Gasteiger partial charge in [-0.05, 0) is 42.7 Å². The number of nitrogens with zero attached hydrogens (tertiary/aromatic N) is 2. The number of guanidine groups is 1. The number of nitrogens with one attached hydrogen (secondary N) is 2. The largest absolute Gasteiger partial charge is 0.356 e. The van der Waals surface area contributed by atoms with Gasteiger partial charge in [-0.3, -0.25) is 4.99 Å². The quantitative estimate of drug-likeness (QED) is 0.602. The minimum absolute atomic E-state index is 0.485. The molecule has 1 saturated heterocycles. The van der Waals surface area contributed by atoms with Crippen LogP contribution >= 0.6 is 0 Å². The van der Waals surface area contributed by atoms with Gasteiger partial charge in [0.1, 0.15) is 0 Å². The van der Waals surface area contributed by atoms with Crippen LogP contribution in [0.4, 0.5) is 0 Å². The van der Waals surface area contributed by atoms with Gasteiger partial charge in [0, 0.05) is 39.1 Å². The third-order valence-electron chi connectivity index (χ3n) is 5.60. The van der Waals surface area contributed by atoms with E-state index in [0.717, 1.165) is 38.3 Å². The van der Waals surface area contributed by atoms with Gasteiger partial charge in [-0.2, -0.15) is 0 Å². The number of rotatable bonds is 5. The average molecular weight is 379 g/mol. The Balaban J connectivity index is 1.42. The number of sulfonamides is 1. The third kappa shape index (κ3) is 4.76. The number of hydrogen-bond acceptors (Lipinski definition) is 3. The normalized spacial score (nSPS) is 22.2. The van der Waals surface area contributed by atoms with Gasteiger partial charge in [0.05, 0.1) is 6.26 Å². The van der Waals surface area contributed by atoms with Crippen LogP contribution in [-0.4, -0.2) is 58.2 Å². The molecule has 2 aliphatic rings. The highest BCUT2D eigenvalue weighted by Crippen LogP contribution is 2.32. The SMILES string of the molecule is CN=C(NCC1CCN(S(C)(=O)=O)CC1)NCC1CCc2ccccc21. The molecule has 0 radical (unpaired) electrons. The monoisotopic (exact) mass is 378 g/mol. The number of hydrogen-bond donors (Lipinski definition) is 2. The van der Waals surface area contributed by atoms with Crippen molar-refractivity contribution in [3.05, 3.63) is 35.4 Å². The molecule has 1 fully saturated rings. The van der Waals surface area contributed by atoms with E-state index in [-0.39, 0.29) is 0 Å². The van der Waals surface area contributed by atoms with Crippen LogP contribution in [0, 0.1) is 5.92 Å². The molecule has 144 valence electrons. The lowest BCUT2D eigenvalue weighted by Gasteiger charge is -2.30. The van der Waals surface area contributed by atoms with Crippen molar-refractivity contribution in [2.24, 2.45) is 10.9 Å². The molecule has 1 atom stereocenters. The predicted octanol–water partition coefficient (Wildman–Crippen LogP) is 1.55. The fraction of sp³-hybridized carbons (Fsp3) is 0.632. The Morgan fingerprint density at radius 3 is 2.54 bits per heavy atom. The molecule has 0 saturated carbocycles. The topological polar surface area (TPSA) is 73.8 Å². The Labute approximate surface area is 157 Å². The van der Waals surface area contributed by atoms with Gasteiger partial charge in [-0.15, -0.1) is 0 Å². The van der Waals surface area contributed by atoms with Gasteiger partial charge in [0.25, 0.3) is 0 Å². The highest BCUT2D eigenvalue weighted by molar-refractivity contribution is 7.88. The predicted molar refractivity (Wildman–Crippen MR) is 106 cm³/mol. The molecule has 0 spiro atoms. The van der Waals surface area contributed by atoms with Gasteiger partial charge >= 0.3 is 0 Å². The lowest BCUT2D eigenvalue weighted by atomic mass is 9.98. The fourth-order valence-electron chi connectivity index (χ4n) is 3.98. The molecule has 7 heteroatoms. The van der Waals surface area contributed by atoms with Crippen LogP contribution in [0.1, 0.15) is 36.3 Å². The van der Waals surface area contributed by atoms with E-state index in [1.807, 2.05) is 0 Å². The van der Waals surface area contributed by atoms with Crippen LogP contribution in [0.5, 0.6) is 0 Å². The summed E-state index contributed by atoms with van der Waals surface area (Å²) in [6.07, 6.45) is 5.43. The highest BCUT2D eigenvalue weighted by Gasteiger charge is 2.25. The second-order valence-electron chi connectivity index (χ2n) is 7.37. The van der Waals surface area contributed by atoms with Crippen LogP contribution in [0.2, 0.25) is 0 Å². The highest BCUT2D eigenvalue weighted by atomic mass is 32.2. The van der Waals surface area contributed by atoms with Crippen molar-refractivity contribution in [1.82, 2.24) is 14.9 Å². The standard InChI is InChI=1S/C19H30N4O2S/c1-20-19(21-13-15-9-11-23(12-10-15)26(2,24)25)22-14-17-8-7-16-5-3-4-6-18(16)17/h3-6,15,17H,7-14H2,1-2H3,(H2,20,21,22). The van der Waals surface area contributed by atoms with E-state index in [1.54, 1.807) is 11.4 Å². The molecule has 1 aromatic rings. The molecule has 1 aliphatic heterocycles. The van der Waals surface area contributed by atoms with Crippen molar-refractivity contribution in [3.63, 3.8) is 0 Å². The number of piperidine rings is 1. The summed E-state index contributed by atoms with van der Waals surface area (Å²) in [4.78, 5) is 4.33. The maximum Gasteiger partial charge on any atom is 0.211 e. The molecular formula is C19H30N4O2S. The Hall–Kier alpha value is -1.60. The molecule has 2 N–H and O–H groups in total. The smallest absolute Gasteiger partial charge is 0.211 e. The maximum atomic E-state index is 11.6. The number of fused-ring (bicyclic) bond motifs is 1. The van der Waals surface area contributed by atoms with Gasteiger partial charge in [0.15, 0.2) is 5.96 Å². The molecule has 1 heterocycles. The summed E-state index contributed by atoms with van der Waals surface area (Å²) in [5.74, 6) is 1.86. The third-order valence-corrected chi connectivity index (χ3v) is 6.90. The Kier molecular flexibility index (Phi) is 6.19. The molecular weight excluding hydrogens is 348 g/mol. The van der Waals surface area contributed by atoms with Crippen molar-refractivity contribution in [2.45, 2.75) is 31.6 Å². The van der Waals surface area contributed by atoms with E-state index in [2.05, 4.69) is 39.9 Å². The van der Waals surface area contributed by atoms with E-state index in [4.69, 9.17) is 0 Å². The molecule has 0 amide bonds. The first-order chi connectivity index (χ1) is 12.5. The molecule has 26 heavy (non-hydrogen) atoms. The molecule has 6 nitrogen and oxygen atoms in total. The Morgan fingerprint density at radius 2 is 1.85 bits per heavy atom. The van der Waals surface area contributed by atoms with Crippen LogP contribution in [-0.2, 0) is 16.4 Å². The summed E-state index contributed by atoms with van der Waals surface area (Å²) in [5.41, 5.74) is 2.93. The second kappa shape index (κ2) is 8.39. The minimum atomic E-state index is -3.05. The molecule has 1 aliphatic carbocycles. The van der Waals surface area contributed by atoms with Gasteiger partial charge in [0.2, 0.25) is 10.0 Å². The molecule has 1 unspecified atom stereocenters. The van der Waals surface area contributed by atoms with Crippen molar-refractivity contribution < 1.29 is 8.42 Å². The average Bonchev–Trinajstić information content (AvgIpc) is 3.05. The zero-order valence-electron chi connectivity index (χ0n) is 15.7. The van der Waals surface area contributed by atoms with Crippen molar-refractivity contribution >= 4 is 16.0 Å². The lowest BCUT2D eigenvalue weighted by molar-refractivity contribution is 0.275. The number of aliphatic imine (C=N–C) groups is 1. The Bertz CT molecular complexity index is 740. The minimum Gasteiger partial charge on any atom is -0.356 e. The van der Waals surface area contributed by atoms with E-state index in [0.29, 0.717) is 24.9 Å². The van der Waals surface area contributed by atoms with Crippen molar-refractivity contribution in [2.75, 3.05) is 39.5 Å². The second-order valence-corrected chi connectivity index (χ2v) is 9.36. The fourth-order valence-corrected chi connectivity index (χ4v) is 4.86. The first kappa shape index (κ1) is 19.2. The first-order valence-electron chi connectivity index (χ1n) is 9.45. The lowest BCUT2D eigenvalue weighted by Crippen LogP contribution is -2.44. The van der Waals surface area contributed by atoms with E-state index >= 15 is 0 Å². The number of aryl methyl sites for hydroxylation is 1. The summed E-state index contributed by atoms with van der Waals surface area (Å²) in [5, 5.41) is 6.87. The van der Waals surface area contributed by atoms with Crippen LogP contribution in [0.15, 0.2) is 29.3 Å². The summed E-state index contributed by atoms with van der Waals surface area (Å²) >= 11 is 0. The Morgan fingerprint density at radius 1 is 1.15 bits per heavy atom. The summed E-state index contributed by atoms with van der Waals surface area (Å²) in [7, 11) is -1.26. The van der Waals surface area contributed by atoms with Crippen molar-refractivity contribution in [3.8, 4) is 0 Å². The maximum absolute atomic E-state index is 11.6. The molecule has 1 aromatic carbocycles. The summed E-state index contributed by atoms with van der Waals surface area (Å²) < 4.78 is 24.7. The van der Waals surface area contributed by atoms with Gasteiger partial charge < -0.3 is 10.6 Å². The first-order valence-corrected chi connectivity index (χ1v) is 11.3. The zero-order chi connectivity index (χ0) is 18.6. The van der Waals surface area contributed by atoms with E-state index in [9.17, 15) is 8.42 Å². The van der Waals surface area contributed by atoms with Crippen molar-refractivity contribution in [1.29, 1.82) is 0 Å². The van der Waals surface area contributed by atoms with Gasteiger partial charge in [-0.1, -0.05) is 24.3 Å². The summed E-state index contributed by atoms with van der Waals surface area (Å²) in [6.45, 7) is 2.97. The van der Waals surface area contributed by atoms with E-state index in [1.165, 1.54) is 23.8 Å².